The van der Waals surface area contributed by atoms with Crippen molar-refractivity contribution in [1.29, 1.82) is 0 Å². The molecule has 0 aliphatic heterocycles. The van der Waals surface area contributed by atoms with Crippen molar-refractivity contribution in [3.05, 3.63) is 24.3 Å². The molecule has 0 fully saturated rings. The van der Waals surface area contributed by atoms with Crippen LogP contribution in [0.2, 0.25) is 0 Å². The van der Waals surface area contributed by atoms with Crippen LogP contribution in [-0.2, 0) is 4.79 Å². The highest BCUT2D eigenvalue weighted by Crippen LogP contribution is 2.14. The maximum absolute atomic E-state index is 10.9. The molecule has 0 rings (SSSR count). The highest BCUT2D eigenvalue weighted by Gasteiger charge is 1.96. The molecule has 0 unspecified atom stereocenters. The van der Waals surface area contributed by atoms with Gasteiger partial charge in [0.05, 0.1) is 0 Å². The molecule has 1 heteroatoms. The van der Waals surface area contributed by atoms with Crippen molar-refractivity contribution in [2.24, 2.45) is 0 Å². The van der Waals surface area contributed by atoms with E-state index in [0.717, 1.165) is 12.8 Å². The fourth-order valence-electron chi connectivity index (χ4n) is 5.50. The first-order valence-corrected chi connectivity index (χ1v) is 18.1. The third-order valence-electron chi connectivity index (χ3n) is 8.20. The second-order valence-corrected chi connectivity index (χ2v) is 12.4. The molecule has 0 saturated carbocycles. The predicted molar refractivity (Wildman–Crippen MR) is 178 cm³/mol. The van der Waals surface area contributed by atoms with E-state index in [2.05, 4.69) is 31.2 Å². The van der Waals surface area contributed by atoms with Gasteiger partial charge in [0.1, 0.15) is 5.78 Å². The topological polar surface area (TPSA) is 17.1 Å². The number of ketones is 1. The van der Waals surface area contributed by atoms with Crippen LogP contribution < -0.4 is 0 Å². The smallest absolute Gasteiger partial charge is 0.129 e. The van der Waals surface area contributed by atoms with Crippen LogP contribution in [0.5, 0.6) is 0 Å². The number of allylic oxidation sites excluding steroid dienone is 4. The van der Waals surface area contributed by atoms with Crippen LogP contribution in [0.4, 0.5) is 0 Å². The number of hydrogen-bond donors (Lipinski definition) is 0. The van der Waals surface area contributed by atoms with Gasteiger partial charge in [0, 0.05) is 6.42 Å². The summed E-state index contributed by atoms with van der Waals surface area (Å²) in [4.78, 5) is 10.9. The van der Waals surface area contributed by atoms with Gasteiger partial charge >= 0.3 is 0 Å². The fraction of sp³-hybridized carbons (Fsp3) is 0.868. The van der Waals surface area contributed by atoms with Crippen LogP contribution in [0.3, 0.4) is 0 Å². The second-order valence-electron chi connectivity index (χ2n) is 12.4. The van der Waals surface area contributed by atoms with Crippen LogP contribution in [0.25, 0.3) is 0 Å². The lowest BCUT2D eigenvalue weighted by Gasteiger charge is -2.02. The standard InChI is InChI=1S/C38H72O/c1-3-4-5-6-7-8-9-10-11-12-13-14-15-16-17-18-19-20-21-22-23-24-25-26-27-28-29-30-31-32-33-34-35-36-37-38(2)39/h17-18,24-25H,3-16,19-23,26-37H2,1-2H3/b18-17+,25-24+. The summed E-state index contributed by atoms with van der Waals surface area (Å²) in [6.07, 6.45) is 51.9. The molecule has 0 spiro atoms. The van der Waals surface area contributed by atoms with Gasteiger partial charge in [-0.1, -0.05) is 166 Å². The molecular weight excluding hydrogens is 472 g/mol. The van der Waals surface area contributed by atoms with Gasteiger partial charge < -0.3 is 4.79 Å². The lowest BCUT2D eigenvalue weighted by molar-refractivity contribution is -0.117. The zero-order valence-corrected chi connectivity index (χ0v) is 27.1. The molecule has 39 heavy (non-hydrogen) atoms. The normalized spacial score (nSPS) is 11.8. The fourth-order valence-corrected chi connectivity index (χ4v) is 5.50. The van der Waals surface area contributed by atoms with Crippen molar-refractivity contribution in [2.45, 2.75) is 213 Å². The third-order valence-corrected chi connectivity index (χ3v) is 8.20. The van der Waals surface area contributed by atoms with E-state index >= 15 is 0 Å². The Bertz CT molecular complexity index is 517. The van der Waals surface area contributed by atoms with Gasteiger partial charge in [-0.3, -0.25) is 0 Å². The third kappa shape index (κ3) is 37.2. The van der Waals surface area contributed by atoms with Crippen molar-refractivity contribution < 1.29 is 4.79 Å². The molecule has 0 aromatic heterocycles. The van der Waals surface area contributed by atoms with Gasteiger partial charge in [-0.25, -0.2) is 0 Å². The van der Waals surface area contributed by atoms with Crippen LogP contribution in [0.15, 0.2) is 24.3 Å². The number of Topliss-reactive ketones (excluding diaryl/α,β-unsaturated/α-hetero) is 1. The molecule has 0 aliphatic rings. The zero-order valence-electron chi connectivity index (χ0n) is 27.1. The molecule has 0 heterocycles. The van der Waals surface area contributed by atoms with E-state index in [0.29, 0.717) is 5.78 Å². The highest BCUT2D eigenvalue weighted by atomic mass is 16.1. The van der Waals surface area contributed by atoms with Crippen molar-refractivity contribution in [1.82, 2.24) is 0 Å². The van der Waals surface area contributed by atoms with E-state index < -0.39 is 0 Å². The largest absolute Gasteiger partial charge is 0.300 e. The molecule has 0 bridgehead atoms. The van der Waals surface area contributed by atoms with Crippen molar-refractivity contribution in [3.63, 3.8) is 0 Å². The van der Waals surface area contributed by atoms with E-state index in [4.69, 9.17) is 0 Å². The monoisotopic (exact) mass is 545 g/mol. The zero-order chi connectivity index (χ0) is 28.3. The van der Waals surface area contributed by atoms with Crippen LogP contribution in [0, 0.1) is 0 Å². The van der Waals surface area contributed by atoms with Crippen molar-refractivity contribution in [3.8, 4) is 0 Å². The Hall–Kier alpha value is -0.850. The number of carbonyl (C=O) groups excluding carboxylic acids is 1. The van der Waals surface area contributed by atoms with Gasteiger partial charge in [-0.15, -0.1) is 0 Å². The lowest BCUT2D eigenvalue weighted by Crippen LogP contribution is -1.89. The molecule has 230 valence electrons. The average molecular weight is 545 g/mol. The summed E-state index contributed by atoms with van der Waals surface area (Å²) in [6.45, 7) is 4.01. The minimum absolute atomic E-state index is 0.346. The summed E-state index contributed by atoms with van der Waals surface area (Å²) in [5.41, 5.74) is 0. The molecule has 0 aliphatic carbocycles. The van der Waals surface area contributed by atoms with Gasteiger partial charge in [-0.05, 0) is 64.7 Å². The number of hydrogen-bond acceptors (Lipinski definition) is 1. The Morgan fingerprint density at radius 3 is 0.872 bits per heavy atom. The molecule has 0 radical (unpaired) electrons. The summed E-state index contributed by atoms with van der Waals surface area (Å²) in [7, 11) is 0. The minimum Gasteiger partial charge on any atom is -0.300 e. The molecule has 0 aromatic rings. The Kier molecular flexibility index (Phi) is 34.4. The molecule has 0 atom stereocenters. The summed E-state index contributed by atoms with van der Waals surface area (Å²) in [5, 5.41) is 0. The minimum atomic E-state index is 0.346. The maximum Gasteiger partial charge on any atom is 0.129 e. The van der Waals surface area contributed by atoms with Crippen LogP contribution in [0.1, 0.15) is 213 Å². The average Bonchev–Trinajstić information content (AvgIpc) is 2.93. The van der Waals surface area contributed by atoms with E-state index in [-0.39, 0.29) is 0 Å². The lowest BCUT2D eigenvalue weighted by atomic mass is 10.0. The SMILES string of the molecule is CCCCCCCCCCCCCCC/C=C/CCCCC/C=C/CCCCCCCCCCCCC(C)=O. The summed E-state index contributed by atoms with van der Waals surface area (Å²) < 4.78 is 0. The Morgan fingerprint density at radius 2 is 0.590 bits per heavy atom. The van der Waals surface area contributed by atoms with Gasteiger partial charge in [0.2, 0.25) is 0 Å². The maximum atomic E-state index is 10.9. The molecule has 0 aromatic carbocycles. The first-order valence-electron chi connectivity index (χ1n) is 18.1. The molecule has 1 nitrogen and oxygen atoms in total. The molecule has 0 amide bonds. The van der Waals surface area contributed by atoms with Gasteiger partial charge in [-0.2, -0.15) is 0 Å². The van der Waals surface area contributed by atoms with E-state index in [1.165, 1.54) is 186 Å². The van der Waals surface area contributed by atoms with Crippen LogP contribution >= 0.6 is 0 Å². The molecular formula is C38H72O. The van der Waals surface area contributed by atoms with Crippen molar-refractivity contribution in [2.75, 3.05) is 0 Å². The summed E-state index contributed by atoms with van der Waals surface area (Å²) >= 11 is 0. The number of carbonyl (C=O) groups is 1. The van der Waals surface area contributed by atoms with Gasteiger partial charge in [0.15, 0.2) is 0 Å². The quantitative estimate of drug-likeness (QED) is 0.0593. The van der Waals surface area contributed by atoms with Crippen molar-refractivity contribution >= 4 is 5.78 Å². The number of rotatable bonds is 33. The van der Waals surface area contributed by atoms with Gasteiger partial charge in [0.25, 0.3) is 0 Å². The van der Waals surface area contributed by atoms with E-state index in [9.17, 15) is 4.79 Å². The molecule has 0 N–H and O–H groups in total. The summed E-state index contributed by atoms with van der Waals surface area (Å²) in [6, 6.07) is 0. The molecule has 0 saturated heterocycles. The Labute approximate surface area is 247 Å². The Morgan fingerprint density at radius 1 is 0.359 bits per heavy atom. The highest BCUT2D eigenvalue weighted by molar-refractivity contribution is 5.75. The first kappa shape index (κ1) is 38.1. The number of unbranched alkanes of at least 4 members (excludes halogenated alkanes) is 27. The van der Waals surface area contributed by atoms with E-state index in [1.54, 1.807) is 6.92 Å². The predicted octanol–water partition coefficient (Wildman–Crippen LogP) is 13.8. The Balaban J connectivity index is 3.15. The van der Waals surface area contributed by atoms with E-state index in [1.807, 2.05) is 0 Å². The van der Waals surface area contributed by atoms with Crippen LogP contribution in [-0.4, -0.2) is 5.78 Å². The first-order chi connectivity index (χ1) is 19.3. The second kappa shape index (κ2) is 35.2. The summed E-state index contributed by atoms with van der Waals surface area (Å²) in [5.74, 6) is 0.346.